The van der Waals surface area contributed by atoms with Gasteiger partial charge in [-0.15, -0.1) is 0 Å². The molecule has 234 valence electrons. The molecule has 1 aliphatic heterocycles. The molecule has 1 saturated heterocycles. The van der Waals surface area contributed by atoms with Crippen LogP contribution >= 0.6 is 0 Å². The van der Waals surface area contributed by atoms with Crippen molar-refractivity contribution in [2.24, 2.45) is 0 Å². The summed E-state index contributed by atoms with van der Waals surface area (Å²) in [5.41, 5.74) is -2.13. The van der Waals surface area contributed by atoms with Gasteiger partial charge in [-0.3, -0.25) is 24.2 Å². The largest absolute Gasteiger partial charge is 0.327 e. The second kappa shape index (κ2) is 13.4. The van der Waals surface area contributed by atoms with E-state index >= 15 is 0 Å². The van der Waals surface area contributed by atoms with Gasteiger partial charge in [-0.1, -0.05) is 72.8 Å². The van der Waals surface area contributed by atoms with E-state index in [9.17, 15) is 19.2 Å². The number of nitrogens with one attached hydrogen (secondary N) is 4. The molecule has 0 spiro atoms. The van der Waals surface area contributed by atoms with Crippen LogP contribution in [-0.4, -0.2) is 39.7 Å². The van der Waals surface area contributed by atoms with Gasteiger partial charge in [-0.05, 0) is 73.5 Å². The number of nitrogens with zero attached hydrogens (tertiary/aromatic N) is 2. The van der Waals surface area contributed by atoms with Gasteiger partial charge in [-0.2, -0.15) is 0 Å². The van der Waals surface area contributed by atoms with Crippen molar-refractivity contribution in [1.82, 2.24) is 4.98 Å². The van der Waals surface area contributed by atoms with Crippen LogP contribution in [0.2, 0.25) is 0 Å². The minimum atomic E-state index is -2.09. The third-order valence-corrected chi connectivity index (χ3v) is 8.16. The van der Waals surface area contributed by atoms with Gasteiger partial charge in [0.05, 0.1) is 0 Å². The first-order valence-corrected chi connectivity index (χ1v) is 15.1. The molecule has 4 N–H and O–H groups in total. The molecule has 1 aromatic heterocycles. The van der Waals surface area contributed by atoms with Gasteiger partial charge in [0, 0.05) is 40.8 Å². The Morgan fingerprint density at radius 2 is 0.723 bits per heavy atom. The van der Waals surface area contributed by atoms with E-state index in [4.69, 9.17) is 0 Å². The predicted octanol–water partition coefficient (Wildman–Crippen LogP) is 5.71. The molecule has 47 heavy (non-hydrogen) atoms. The lowest BCUT2D eigenvalue weighted by Gasteiger charge is -2.44. The quantitative estimate of drug-likeness (QED) is 0.155. The fraction of sp³-hybridized carbons (Fsp3) is 0.108. The van der Waals surface area contributed by atoms with E-state index in [-0.39, 0.29) is 18.5 Å². The molecule has 0 radical (unpaired) electrons. The van der Waals surface area contributed by atoms with Crippen molar-refractivity contribution >= 4 is 52.1 Å². The van der Waals surface area contributed by atoms with E-state index in [0.29, 0.717) is 22.7 Å². The first-order chi connectivity index (χ1) is 22.9. The van der Waals surface area contributed by atoms with E-state index in [2.05, 4.69) is 26.3 Å². The maximum absolute atomic E-state index is 14.7. The Morgan fingerprint density at radius 3 is 1.00 bits per heavy atom. The number of carbonyl (C=O) groups is 4. The topological polar surface area (TPSA) is 133 Å². The zero-order valence-electron chi connectivity index (χ0n) is 25.3. The summed E-state index contributed by atoms with van der Waals surface area (Å²) in [6.45, 7) is 0. The predicted molar refractivity (Wildman–Crippen MR) is 182 cm³/mol. The van der Waals surface area contributed by atoms with Crippen LogP contribution in [0, 0.1) is 0 Å². The van der Waals surface area contributed by atoms with Crippen LogP contribution in [0.1, 0.15) is 12.8 Å². The molecule has 10 nitrogen and oxygen atoms in total. The lowest BCUT2D eigenvalue weighted by Crippen LogP contribution is -2.71. The third-order valence-electron chi connectivity index (χ3n) is 8.16. The molecule has 1 aliphatic rings. The number of benzene rings is 4. The lowest BCUT2D eigenvalue weighted by atomic mass is 9.92. The van der Waals surface area contributed by atoms with Gasteiger partial charge in [0.2, 0.25) is 11.1 Å². The van der Waals surface area contributed by atoms with Crippen molar-refractivity contribution in [3.05, 3.63) is 146 Å². The molecule has 0 bridgehead atoms. The molecule has 4 aromatic carbocycles. The highest BCUT2D eigenvalue weighted by Crippen LogP contribution is 2.47. The molecule has 0 unspecified atom stereocenters. The summed E-state index contributed by atoms with van der Waals surface area (Å²) in [5, 5.41) is 11.5. The normalized spacial score (nSPS) is 14.4. The van der Waals surface area contributed by atoms with Crippen molar-refractivity contribution in [3.8, 4) is 0 Å². The van der Waals surface area contributed by atoms with Crippen LogP contribution < -0.4 is 26.2 Å². The van der Waals surface area contributed by atoms with Gasteiger partial charge in [-0.25, -0.2) is 0 Å². The van der Waals surface area contributed by atoms with E-state index in [1.54, 1.807) is 133 Å². The Kier molecular flexibility index (Phi) is 8.74. The highest BCUT2D eigenvalue weighted by atomic mass is 16.2. The average molecular weight is 625 g/mol. The second-order valence-electron chi connectivity index (χ2n) is 11.0. The highest BCUT2D eigenvalue weighted by Gasteiger charge is 2.69. The summed E-state index contributed by atoms with van der Waals surface area (Å²) >= 11 is 0. The Labute approximate surface area is 271 Å². The van der Waals surface area contributed by atoms with Crippen molar-refractivity contribution in [2.45, 2.75) is 23.9 Å². The van der Waals surface area contributed by atoms with Gasteiger partial charge in [0.1, 0.15) is 0 Å². The standard InChI is InChI=1S/C37H32N6O4/c44-32(39-27-13-5-1-6-14-27)36(33(45)40-28-15-7-2-8-16-28)23-24-37(43(36)31-21-25-38-26-22-31,34(46)41-29-17-9-3-10-18-29)35(47)42-30-19-11-4-12-20-30/h1-22,25-26H,23-24H2,(H,39,44)(H,40,45)(H,41,46)(H,42,47). The Morgan fingerprint density at radius 1 is 0.447 bits per heavy atom. The molecule has 5 aromatic rings. The number of carbonyl (C=O) groups excluding carboxylic acids is 4. The number of aromatic nitrogens is 1. The number of hydrogen-bond donors (Lipinski definition) is 4. The fourth-order valence-electron chi connectivity index (χ4n) is 5.94. The average Bonchev–Trinajstić information content (AvgIpc) is 3.49. The van der Waals surface area contributed by atoms with Crippen LogP contribution in [0.4, 0.5) is 28.4 Å². The fourth-order valence-corrected chi connectivity index (χ4v) is 5.94. The maximum atomic E-state index is 14.7. The molecule has 2 heterocycles. The number of rotatable bonds is 9. The minimum Gasteiger partial charge on any atom is -0.327 e. The van der Waals surface area contributed by atoms with Crippen LogP contribution in [0.25, 0.3) is 0 Å². The first-order valence-electron chi connectivity index (χ1n) is 15.1. The van der Waals surface area contributed by atoms with E-state index in [0.717, 1.165) is 0 Å². The molecule has 1 fully saturated rings. The molecule has 6 rings (SSSR count). The molecule has 4 amide bonds. The van der Waals surface area contributed by atoms with Gasteiger partial charge in [0.25, 0.3) is 23.6 Å². The summed E-state index contributed by atoms with van der Waals surface area (Å²) in [4.78, 5) is 64.3. The van der Waals surface area contributed by atoms with E-state index in [1.807, 2.05) is 0 Å². The Hall–Kier alpha value is -6.29. The SMILES string of the molecule is O=C(Nc1ccccc1)C1(C(=O)Nc2ccccc2)CCC(C(=O)Nc2ccccc2)(C(=O)Nc2ccccc2)N1c1ccncc1. The van der Waals surface area contributed by atoms with Crippen LogP contribution in [0.15, 0.2) is 146 Å². The number of amides is 4. The third kappa shape index (κ3) is 6.04. The van der Waals surface area contributed by atoms with Gasteiger partial charge < -0.3 is 26.2 Å². The molecule has 0 saturated carbocycles. The van der Waals surface area contributed by atoms with Gasteiger partial charge >= 0.3 is 0 Å². The van der Waals surface area contributed by atoms with Crippen LogP contribution in [-0.2, 0) is 19.2 Å². The summed E-state index contributed by atoms with van der Waals surface area (Å²) in [6, 6.07) is 38.0. The number of para-hydroxylation sites is 4. The monoisotopic (exact) mass is 624 g/mol. The van der Waals surface area contributed by atoms with Crippen molar-refractivity contribution in [2.75, 3.05) is 26.2 Å². The van der Waals surface area contributed by atoms with Gasteiger partial charge in [0.15, 0.2) is 0 Å². The number of anilines is 5. The molecular formula is C37H32N6O4. The first kappa shape index (κ1) is 30.7. The molecule has 0 atom stereocenters. The Balaban J connectivity index is 1.55. The lowest BCUT2D eigenvalue weighted by molar-refractivity contribution is -0.132. The Bertz CT molecular complexity index is 1630. The van der Waals surface area contributed by atoms with Crippen molar-refractivity contribution in [3.63, 3.8) is 0 Å². The van der Waals surface area contributed by atoms with Crippen molar-refractivity contribution < 1.29 is 19.2 Å². The summed E-state index contributed by atoms with van der Waals surface area (Å²) in [7, 11) is 0. The van der Waals surface area contributed by atoms with E-state index in [1.165, 1.54) is 17.3 Å². The maximum Gasteiger partial charge on any atom is 0.260 e. The second-order valence-corrected chi connectivity index (χ2v) is 11.0. The number of pyridine rings is 1. The van der Waals surface area contributed by atoms with Crippen LogP contribution in [0.5, 0.6) is 0 Å². The van der Waals surface area contributed by atoms with Crippen molar-refractivity contribution in [1.29, 1.82) is 0 Å². The molecule has 10 heteroatoms. The van der Waals surface area contributed by atoms with Crippen LogP contribution in [0.3, 0.4) is 0 Å². The zero-order valence-corrected chi connectivity index (χ0v) is 25.3. The molecular weight excluding hydrogens is 592 g/mol. The summed E-state index contributed by atoms with van der Waals surface area (Å²) in [5.74, 6) is -2.85. The number of hydrogen-bond acceptors (Lipinski definition) is 6. The van der Waals surface area contributed by atoms with E-state index < -0.39 is 34.7 Å². The highest BCUT2D eigenvalue weighted by molar-refractivity contribution is 6.28. The zero-order chi connectivity index (χ0) is 32.7. The summed E-state index contributed by atoms with van der Waals surface area (Å²) in [6.07, 6.45) is 2.60. The minimum absolute atomic E-state index is 0.183. The smallest absolute Gasteiger partial charge is 0.260 e. The molecule has 0 aliphatic carbocycles. The summed E-state index contributed by atoms with van der Waals surface area (Å²) < 4.78 is 0.